The molecule has 0 saturated heterocycles. The molecule has 0 aromatic heterocycles. The number of hydrogen-bond donors (Lipinski definition) is 2. The van der Waals surface area contributed by atoms with Crippen LogP contribution >= 0.6 is 0 Å². The maximum absolute atomic E-state index is 10.8. The van der Waals surface area contributed by atoms with E-state index < -0.39 is 11.9 Å². The summed E-state index contributed by atoms with van der Waals surface area (Å²) in [5.41, 5.74) is 0.884. The van der Waals surface area contributed by atoms with Crippen LogP contribution in [0, 0.1) is 0 Å². The first kappa shape index (κ1) is 15.1. The molecule has 0 spiro atoms. The first-order valence-corrected chi connectivity index (χ1v) is 4.65. The second kappa shape index (κ2) is 6.60. The zero-order valence-electron chi connectivity index (χ0n) is 8.86. The number of aryl methyl sites for hydroxylation is 1. The van der Waals surface area contributed by atoms with Crippen LogP contribution in [0.4, 0.5) is 0 Å². The summed E-state index contributed by atoms with van der Waals surface area (Å²) in [4.78, 5) is 21.5. The average Bonchev–Trinajstić information content (AvgIpc) is 2.17. The number of carbonyl (C=O) groups is 2. The van der Waals surface area contributed by atoms with E-state index in [4.69, 9.17) is 10.2 Å². The van der Waals surface area contributed by atoms with Crippen molar-refractivity contribution in [3.05, 3.63) is 34.9 Å². The Bertz CT molecular complexity index is 401. The fourth-order valence-corrected chi connectivity index (χ4v) is 1.41. The SMILES string of the molecule is CCCc1cc(C(=O)O)ccc1C(=O)O.[PoH2]. The van der Waals surface area contributed by atoms with Gasteiger partial charge in [0.15, 0.2) is 0 Å². The molecule has 4 nitrogen and oxygen atoms in total. The average molecular weight is 419 g/mol. The number of benzene rings is 1. The van der Waals surface area contributed by atoms with Crippen LogP contribution in [0.15, 0.2) is 18.2 Å². The van der Waals surface area contributed by atoms with E-state index >= 15 is 0 Å². The minimum absolute atomic E-state index is 0. The van der Waals surface area contributed by atoms with Crippen molar-refractivity contribution in [1.82, 2.24) is 0 Å². The van der Waals surface area contributed by atoms with Crippen molar-refractivity contribution in [2.24, 2.45) is 0 Å². The van der Waals surface area contributed by atoms with E-state index in [9.17, 15) is 9.59 Å². The monoisotopic (exact) mass is 419 g/mol. The van der Waals surface area contributed by atoms with Crippen LogP contribution in [0.1, 0.15) is 39.6 Å². The van der Waals surface area contributed by atoms with Crippen molar-refractivity contribution in [2.75, 3.05) is 0 Å². The molecule has 0 aliphatic heterocycles. The van der Waals surface area contributed by atoms with Gasteiger partial charge in [-0.05, 0) is 30.2 Å². The van der Waals surface area contributed by atoms with Gasteiger partial charge in [-0.15, -0.1) is 0 Å². The zero-order chi connectivity index (χ0) is 11.4. The molecule has 16 heavy (non-hydrogen) atoms. The molecule has 88 valence electrons. The molecule has 0 aliphatic rings. The quantitative estimate of drug-likeness (QED) is 0.768. The zero-order valence-corrected chi connectivity index (χ0v) is 12.7. The van der Waals surface area contributed by atoms with E-state index in [1.807, 2.05) is 6.92 Å². The minimum atomic E-state index is -1.04. The van der Waals surface area contributed by atoms with E-state index in [2.05, 4.69) is 0 Å². The first-order chi connectivity index (χ1) is 7.06. The Balaban J connectivity index is 0.00000225. The van der Waals surface area contributed by atoms with Gasteiger partial charge in [0, 0.05) is 0 Å². The molecule has 5 heteroatoms. The third-order valence-corrected chi connectivity index (χ3v) is 2.10. The van der Waals surface area contributed by atoms with Crippen LogP contribution < -0.4 is 0 Å². The van der Waals surface area contributed by atoms with Crippen molar-refractivity contribution in [2.45, 2.75) is 19.8 Å². The van der Waals surface area contributed by atoms with Crippen molar-refractivity contribution < 1.29 is 19.8 Å². The van der Waals surface area contributed by atoms with Crippen molar-refractivity contribution in [3.8, 4) is 0 Å². The molecule has 0 radical (unpaired) electrons. The summed E-state index contributed by atoms with van der Waals surface area (Å²) in [6.07, 6.45) is 1.35. The van der Waals surface area contributed by atoms with Crippen LogP contribution in [0.25, 0.3) is 0 Å². The molecule has 0 bridgehead atoms. The summed E-state index contributed by atoms with van der Waals surface area (Å²) >= 11 is 0. The van der Waals surface area contributed by atoms with E-state index in [1.165, 1.54) is 18.2 Å². The van der Waals surface area contributed by atoms with Gasteiger partial charge >= 0.3 is 38.5 Å². The Labute approximate surface area is 113 Å². The molecule has 0 aliphatic carbocycles. The van der Waals surface area contributed by atoms with Crippen molar-refractivity contribution in [1.29, 1.82) is 0 Å². The van der Waals surface area contributed by atoms with Crippen LogP contribution in [0.3, 0.4) is 0 Å². The van der Waals surface area contributed by atoms with Crippen LogP contribution in [-0.4, -0.2) is 48.7 Å². The summed E-state index contributed by atoms with van der Waals surface area (Å²) in [6.45, 7) is 1.92. The van der Waals surface area contributed by atoms with Gasteiger partial charge in [0.2, 0.25) is 0 Å². The summed E-state index contributed by atoms with van der Waals surface area (Å²) in [5, 5.41) is 17.6. The third-order valence-electron chi connectivity index (χ3n) is 2.10. The third kappa shape index (κ3) is 3.57. The standard InChI is InChI=1S/C11H12O4.Po.2H/c1-2-3-7-6-8(10(12)13)4-5-9(7)11(14)15;;;/h4-6H,2-3H2,1H3,(H,12,13)(H,14,15);;;. The molecule has 1 aromatic carbocycles. The summed E-state index contributed by atoms with van der Waals surface area (Å²) in [6, 6.07) is 4.08. The molecule has 0 fully saturated rings. The number of aromatic carboxylic acids is 2. The van der Waals surface area contributed by atoms with Gasteiger partial charge in [-0.1, -0.05) is 13.3 Å². The normalized spacial score (nSPS) is 9.31. The molecule has 0 heterocycles. The van der Waals surface area contributed by atoms with Crippen LogP contribution in [-0.2, 0) is 6.42 Å². The van der Waals surface area contributed by atoms with E-state index in [-0.39, 0.29) is 37.7 Å². The summed E-state index contributed by atoms with van der Waals surface area (Å²) < 4.78 is 0. The Morgan fingerprint density at radius 3 is 2.25 bits per heavy atom. The molecule has 0 atom stereocenters. The predicted molar refractivity (Wildman–Crippen MR) is 62.9 cm³/mol. The van der Waals surface area contributed by atoms with Crippen molar-refractivity contribution in [3.63, 3.8) is 0 Å². The molecule has 0 unspecified atom stereocenters. The van der Waals surface area contributed by atoms with E-state index in [0.717, 1.165) is 6.42 Å². The Kier molecular flexibility index (Phi) is 6.21. The van der Waals surface area contributed by atoms with Gasteiger partial charge in [0.1, 0.15) is 0 Å². The molecular formula is C11H14O4Po. The van der Waals surface area contributed by atoms with Crippen LogP contribution in [0.2, 0.25) is 0 Å². The van der Waals surface area contributed by atoms with Gasteiger partial charge in [-0.25, -0.2) is 9.59 Å². The number of hydrogen-bond acceptors (Lipinski definition) is 2. The molecule has 1 aromatic rings. The van der Waals surface area contributed by atoms with Crippen molar-refractivity contribution >= 4 is 38.5 Å². The fraction of sp³-hybridized carbons (Fsp3) is 0.273. The van der Waals surface area contributed by atoms with Gasteiger partial charge < -0.3 is 10.2 Å². The number of carboxylic acid groups (broad SMARTS) is 2. The first-order valence-electron chi connectivity index (χ1n) is 4.65. The summed E-state index contributed by atoms with van der Waals surface area (Å²) in [5.74, 6) is -2.06. The summed E-state index contributed by atoms with van der Waals surface area (Å²) in [7, 11) is 0. The number of carboxylic acids is 2. The topological polar surface area (TPSA) is 74.6 Å². The number of rotatable bonds is 4. The Morgan fingerprint density at radius 2 is 1.81 bits per heavy atom. The van der Waals surface area contributed by atoms with Crippen LogP contribution in [0.5, 0.6) is 0 Å². The van der Waals surface area contributed by atoms with Gasteiger partial charge in [0.25, 0.3) is 0 Å². The van der Waals surface area contributed by atoms with E-state index in [0.29, 0.717) is 12.0 Å². The van der Waals surface area contributed by atoms with Gasteiger partial charge in [-0.3, -0.25) is 0 Å². The second-order valence-corrected chi connectivity index (χ2v) is 3.23. The maximum atomic E-state index is 10.8. The molecule has 0 amide bonds. The Morgan fingerprint density at radius 1 is 1.19 bits per heavy atom. The molecule has 2 N–H and O–H groups in total. The predicted octanol–water partition coefficient (Wildman–Crippen LogP) is 1.12. The second-order valence-electron chi connectivity index (χ2n) is 3.23. The fourth-order valence-electron chi connectivity index (χ4n) is 1.41. The van der Waals surface area contributed by atoms with Gasteiger partial charge in [0.05, 0.1) is 11.1 Å². The molecular weight excluding hydrogens is 405 g/mol. The molecule has 1 rings (SSSR count). The van der Waals surface area contributed by atoms with E-state index in [1.54, 1.807) is 0 Å². The molecule has 0 saturated carbocycles. The Hall–Kier alpha value is -0.944. The van der Waals surface area contributed by atoms with Gasteiger partial charge in [-0.2, -0.15) is 0 Å².